The molecule has 1 heterocycles. The lowest BCUT2D eigenvalue weighted by Gasteiger charge is -2.15. The topological polar surface area (TPSA) is 68.3 Å². The number of halogens is 1. The van der Waals surface area contributed by atoms with E-state index in [1.165, 1.54) is 11.1 Å². The molecule has 5 nitrogen and oxygen atoms in total. The molecule has 168 valence electrons. The maximum Gasteiger partial charge on any atom is 0.407 e. The van der Waals surface area contributed by atoms with Gasteiger partial charge in [0, 0.05) is 34.8 Å². The molecule has 0 aliphatic heterocycles. The Morgan fingerprint density at radius 3 is 2.35 bits per heavy atom. The number of alkyl carbamates (subject to hydrolysis) is 1. The number of fused-ring (bicyclic) bond motifs is 3. The van der Waals surface area contributed by atoms with Crippen LogP contribution in [0.1, 0.15) is 33.0 Å². The van der Waals surface area contributed by atoms with Crippen molar-refractivity contribution in [3.8, 4) is 22.4 Å². The van der Waals surface area contributed by atoms with Crippen LogP contribution in [0.2, 0.25) is 5.02 Å². The number of benzene rings is 3. The molecular weight excluding hydrogens is 448 g/mol. The zero-order valence-electron chi connectivity index (χ0n) is 18.2. The van der Waals surface area contributed by atoms with Crippen molar-refractivity contribution in [2.24, 2.45) is 0 Å². The molecule has 1 N–H and O–H groups in total. The number of rotatable bonds is 6. The van der Waals surface area contributed by atoms with Crippen molar-refractivity contribution in [1.29, 1.82) is 0 Å². The van der Waals surface area contributed by atoms with Gasteiger partial charge >= 0.3 is 6.09 Å². The van der Waals surface area contributed by atoms with Gasteiger partial charge in [-0.25, -0.2) is 4.79 Å². The molecule has 1 amide bonds. The van der Waals surface area contributed by atoms with Gasteiger partial charge in [0.1, 0.15) is 12.9 Å². The molecule has 6 heteroatoms. The average molecular weight is 469 g/mol. The van der Waals surface area contributed by atoms with Crippen molar-refractivity contribution in [2.75, 3.05) is 6.61 Å². The molecule has 0 saturated carbocycles. The van der Waals surface area contributed by atoms with E-state index in [-0.39, 0.29) is 19.1 Å². The van der Waals surface area contributed by atoms with Crippen LogP contribution in [0.25, 0.3) is 22.4 Å². The summed E-state index contributed by atoms with van der Waals surface area (Å²) in [5, 5.41) is 3.36. The highest BCUT2D eigenvalue weighted by Gasteiger charge is 2.29. The summed E-state index contributed by atoms with van der Waals surface area (Å²) in [6.45, 7) is 0.449. The summed E-state index contributed by atoms with van der Waals surface area (Å²) in [6.07, 6.45) is 1.84. The molecule has 0 unspecified atom stereocenters. The zero-order chi connectivity index (χ0) is 23.5. The second kappa shape index (κ2) is 9.49. The Hall–Kier alpha value is -3.96. The zero-order valence-corrected chi connectivity index (χ0v) is 19.0. The summed E-state index contributed by atoms with van der Waals surface area (Å²) in [6, 6.07) is 25.1. The lowest BCUT2D eigenvalue weighted by molar-refractivity contribution is 0.112. The van der Waals surface area contributed by atoms with Crippen LogP contribution in [0.5, 0.6) is 0 Å². The average Bonchev–Trinajstić information content (AvgIpc) is 3.20. The molecule has 5 rings (SSSR count). The van der Waals surface area contributed by atoms with E-state index in [1.54, 1.807) is 30.5 Å². The number of ether oxygens (including phenoxy) is 1. The SMILES string of the molecule is O=Cc1ccnc(-c2ccc(Cl)cc2CNC(=O)OCC2c3ccccc3-c3ccccc32)c1. The summed E-state index contributed by atoms with van der Waals surface area (Å²) in [4.78, 5) is 28.1. The van der Waals surface area contributed by atoms with Crippen molar-refractivity contribution >= 4 is 24.0 Å². The van der Waals surface area contributed by atoms with E-state index >= 15 is 0 Å². The summed E-state index contributed by atoms with van der Waals surface area (Å²) < 4.78 is 5.63. The van der Waals surface area contributed by atoms with Crippen LogP contribution in [0, 0.1) is 0 Å². The molecule has 0 fully saturated rings. The van der Waals surface area contributed by atoms with Crippen molar-refractivity contribution in [3.63, 3.8) is 0 Å². The number of pyridine rings is 1. The molecule has 0 saturated heterocycles. The minimum Gasteiger partial charge on any atom is -0.449 e. The lowest BCUT2D eigenvalue weighted by Crippen LogP contribution is -2.26. The Labute approximate surface area is 202 Å². The largest absolute Gasteiger partial charge is 0.449 e. The first-order valence-corrected chi connectivity index (χ1v) is 11.3. The Morgan fingerprint density at radius 1 is 0.941 bits per heavy atom. The number of aromatic nitrogens is 1. The molecule has 1 aliphatic rings. The van der Waals surface area contributed by atoms with Crippen LogP contribution in [0.3, 0.4) is 0 Å². The molecule has 3 aromatic carbocycles. The van der Waals surface area contributed by atoms with E-state index in [9.17, 15) is 9.59 Å². The Bertz CT molecular complexity index is 1340. The van der Waals surface area contributed by atoms with Gasteiger partial charge in [-0.1, -0.05) is 66.2 Å². The number of hydrogen-bond donors (Lipinski definition) is 1. The van der Waals surface area contributed by atoms with Gasteiger partial charge in [0.15, 0.2) is 0 Å². The van der Waals surface area contributed by atoms with E-state index in [2.05, 4.69) is 34.6 Å². The van der Waals surface area contributed by atoms with Crippen LogP contribution in [-0.4, -0.2) is 24.0 Å². The number of nitrogens with one attached hydrogen (secondary N) is 1. The Kier molecular flexibility index (Phi) is 6.11. The van der Waals surface area contributed by atoms with Crippen LogP contribution < -0.4 is 5.32 Å². The van der Waals surface area contributed by atoms with Gasteiger partial charge < -0.3 is 10.1 Å². The molecular formula is C28H21ClN2O3. The van der Waals surface area contributed by atoms with E-state index < -0.39 is 6.09 Å². The maximum absolute atomic E-state index is 12.6. The fourth-order valence-electron chi connectivity index (χ4n) is 4.44. The van der Waals surface area contributed by atoms with Crippen molar-refractivity contribution in [1.82, 2.24) is 10.3 Å². The predicted octanol–water partition coefficient (Wildman–Crippen LogP) is 6.25. The number of nitrogens with zero attached hydrogens (tertiary/aromatic N) is 1. The summed E-state index contributed by atoms with van der Waals surface area (Å²) in [7, 11) is 0. The molecule has 1 aromatic heterocycles. The highest BCUT2D eigenvalue weighted by Crippen LogP contribution is 2.44. The fourth-order valence-corrected chi connectivity index (χ4v) is 4.64. The van der Waals surface area contributed by atoms with Gasteiger partial charge in [-0.3, -0.25) is 9.78 Å². The Morgan fingerprint density at radius 2 is 1.65 bits per heavy atom. The maximum atomic E-state index is 12.6. The normalized spacial score (nSPS) is 12.0. The van der Waals surface area contributed by atoms with Crippen molar-refractivity contribution in [3.05, 3.63) is 112 Å². The van der Waals surface area contributed by atoms with E-state index in [4.69, 9.17) is 16.3 Å². The van der Waals surface area contributed by atoms with Crippen LogP contribution in [-0.2, 0) is 11.3 Å². The first kappa shape index (κ1) is 21.9. The third-order valence-corrected chi connectivity index (χ3v) is 6.27. The predicted molar refractivity (Wildman–Crippen MR) is 132 cm³/mol. The third kappa shape index (κ3) is 4.30. The van der Waals surface area contributed by atoms with E-state index in [0.29, 0.717) is 16.3 Å². The number of carbonyl (C=O) groups excluding carboxylic acids is 2. The van der Waals surface area contributed by atoms with Crippen molar-refractivity contribution in [2.45, 2.75) is 12.5 Å². The number of hydrogen-bond acceptors (Lipinski definition) is 4. The molecule has 4 aromatic rings. The first-order valence-electron chi connectivity index (χ1n) is 10.9. The summed E-state index contributed by atoms with van der Waals surface area (Å²) in [5.41, 5.74) is 7.40. The summed E-state index contributed by atoms with van der Waals surface area (Å²) in [5.74, 6) is -0.00448. The van der Waals surface area contributed by atoms with Gasteiger partial charge in [-0.05, 0) is 52.1 Å². The highest BCUT2D eigenvalue weighted by atomic mass is 35.5. The summed E-state index contributed by atoms with van der Waals surface area (Å²) >= 11 is 6.20. The lowest BCUT2D eigenvalue weighted by atomic mass is 9.98. The first-order chi connectivity index (χ1) is 16.6. The number of amides is 1. The van der Waals surface area contributed by atoms with Gasteiger partial charge in [0.05, 0.1) is 5.69 Å². The molecule has 0 bridgehead atoms. The van der Waals surface area contributed by atoms with Gasteiger partial charge in [-0.2, -0.15) is 0 Å². The van der Waals surface area contributed by atoms with Crippen molar-refractivity contribution < 1.29 is 14.3 Å². The minimum atomic E-state index is -0.512. The van der Waals surface area contributed by atoms with E-state index in [0.717, 1.165) is 28.5 Å². The van der Waals surface area contributed by atoms with Crippen LogP contribution in [0.4, 0.5) is 4.79 Å². The van der Waals surface area contributed by atoms with Crippen LogP contribution in [0.15, 0.2) is 85.1 Å². The minimum absolute atomic E-state index is 0.00448. The molecule has 1 aliphatic carbocycles. The van der Waals surface area contributed by atoms with E-state index in [1.807, 2.05) is 30.3 Å². The third-order valence-electron chi connectivity index (χ3n) is 6.03. The number of carbonyl (C=O) groups is 2. The van der Waals surface area contributed by atoms with Gasteiger partial charge in [0.25, 0.3) is 0 Å². The molecule has 0 radical (unpaired) electrons. The second-order valence-corrected chi connectivity index (χ2v) is 8.51. The molecule has 0 atom stereocenters. The molecule has 0 spiro atoms. The van der Waals surface area contributed by atoms with Crippen LogP contribution >= 0.6 is 11.6 Å². The van der Waals surface area contributed by atoms with Gasteiger partial charge in [-0.15, -0.1) is 0 Å². The smallest absolute Gasteiger partial charge is 0.407 e. The molecule has 34 heavy (non-hydrogen) atoms. The Balaban J connectivity index is 1.29. The monoisotopic (exact) mass is 468 g/mol. The number of aldehydes is 1. The quantitative estimate of drug-likeness (QED) is 0.339. The van der Waals surface area contributed by atoms with Gasteiger partial charge in [0.2, 0.25) is 0 Å². The standard InChI is InChI=1S/C28H21ClN2O3/c29-20-9-10-21(27-13-18(16-32)11-12-30-27)19(14-20)15-31-28(33)34-17-26-24-7-3-1-5-22(24)23-6-2-4-8-25(23)26/h1-14,16,26H,15,17H2,(H,31,33). The highest BCUT2D eigenvalue weighted by molar-refractivity contribution is 6.30. The second-order valence-electron chi connectivity index (χ2n) is 8.07. The fraction of sp³-hybridized carbons (Fsp3) is 0.107.